The van der Waals surface area contributed by atoms with Crippen LogP contribution < -0.4 is 4.43 Å². The van der Waals surface area contributed by atoms with Crippen LogP contribution in [0.1, 0.15) is 11.1 Å². The van der Waals surface area contributed by atoms with Gasteiger partial charge in [0.25, 0.3) is 0 Å². The minimum absolute atomic E-state index is 0.864. The Morgan fingerprint density at radius 2 is 1.79 bits per heavy atom. The van der Waals surface area contributed by atoms with Crippen LogP contribution >= 0.6 is 0 Å². The molecule has 0 spiro atoms. The predicted octanol–water partition coefficient (Wildman–Crippen LogP) is 2.88. The zero-order chi connectivity index (χ0) is 9.97. The Kier molecular flexibility index (Phi) is 2.55. The molecule has 0 bridgehead atoms. The Morgan fingerprint density at radius 1 is 1.07 bits per heavy atom. The molecule has 1 aliphatic rings. The zero-order valence-electron chi connectivity index (χ0n) is 8.45. The fraction of sp³-hybridized carbons (Fsp3) is 0.167. The Labute approximate surface area is 86.5 Å². The van der Waals surface area contributed by atoms with E-state index >= 15 is 0 Å². The lowest BCUT2D eigenvalue weighted by molar-refractivity contribution is 0.584. The highest BCUT2D eigenvalue weighted by molar-refractivity contribution is 6.64. The van der Waals surface area contributed by atoms with E-state index in [-0.39, 0.29) is 0 Å². The van der Waals surface area contributed by atoms with E-state index in [1.54, 1.807) is 0 Å². The van der Waals surface area contributed by atoms with E-state index in [0.29, 0.717) is 0 Å². The summed E-state index contributed by atoms with van der Waals surface area (Å²) in [4.78, 5) is 0. The molecule has 0 saturated heterocycles. The van der Waals surface area contributed by atoms with Crippen molar-refractivity contribution in [3.8, 4) is 5.75 Å². The molecule has 0 unspecified atom stereocenters. The standard InChI is InChI=1S/C12H13OSi/c1-10-6-5-7-12(11(10)2)13-14-8-3-4-9-14/h3-9H,1-2H3. The third-order valence-electron chi connectivity index (χ3n) is 2.41. The van der Waals surface area contributed by atoms with Gasteiger partial charge in [-0.25, -0.2) is 0 Å². The molecule has 0 fully saturated rings. The molecule has 2 heteroatoms. The SMILES string of the molecule is Cc1cccc(O[Si]2C=CC=C2)c1C. The predicted molar refractivity (Wildman–Crippen MR) is 60.6 cm³/mol. The monoisotopic (exact) mass is 201 g/mol. The van der Waals surface area contributed by atoms with Gasteiger partial charge in [0.1, 0.15) is 5.75 Å². The molecule has 1 aromatic carbocycles. The quantitative estimate of drug-likeness (QED) is 0.669. The summed E-state index contributed by atoms with van der Waals surface area (Å²) in [5, 5.41) is 0. The van der Waals surface area contributed by atoms with Gasteiger partial charge in [-0.1, -0.05) is 35.7 Å². The molecule has 0 N–H and O–H groups in total. The number of hydrogen-bond donors (Lipinski definition) is 0. The molecule has 0 saturated carbocycles. The van der Waals surface area contributed by atoms with Crippen LogP contribution in [-0.4, -0.2) is 9.04 Å². The Morgan fingerprint density at radius 3 is 2.50 bits per heavy atom. The second kappa shape index (κ2) is 3.84. The third-order valence-corrected chi connectivity index (χ3v) is 3.91. The van der Waals surface area contributed by atoms with Gasteiger partial charge in [-0.05, 0) is 31.0 Å². The van der Waals surface area contributed by atoms with Crippen LogP contribution in [0.15, 0.2) is 41.7 Å². The van der Waals surface area contributed by atoms with Gasteiger partial charge in [-0.2, -0.15) is 0 Å². The summed E-state index contributed by atoms with van der Waals surface area (Å²) in [6, 6.07) is 6.20. The molecule has 2 rings (SSSR count). The number of aryl methyl sites for hydroxylation is 1. The lowest BCUT2D eigenvalue weighted by Crippen LogP contribution is -2.15. The van der Waals surface area contributed by atoms with E-state index in [9.17, 15) is 0 Å². The number of rotatable bonds is 2. The summed E-state index contributed by atoms with van der Waals surface area (Å²) < 4.78 is 5.92. The average Bonchev–Trinajstić information content (AvgIpc) is 2.66. The van der Waals surface area contributed by atoms with Gasteiger partial charge in [0.2, 0.25) is 0 Å². The summed E-state index contributed by atoms with van der Waals surface area (Å²) in [6.07, 6.45) is 4.11. The van der Waals surface area contributed by atoms with Crippen molar-refractivity contribution in [2.75, 3.05) is 0 Å². The molecule has 1 heterocycles. The summed E-state index contributed by atoms with van der Waals surface area (Å²) >= 11 is 0. The molecule has 0 atom stereocenters. The highest BCUT2D eigenvalue weighted by atomic mass is 28.3. The minimum Gasteiger partial charge on any atom is -0.533 e. The molecule has 1 aromatic rings. The van der Waals surface area contributed by atoms with Crippen molar-refractivity contribution in [1.29, 1.82) is 0 Å². The lowest BCUT2D eigenvalue weighted by atomic mass is 10.1. The van der Waals surface area contributed by atoms with E-state index in [1.807, 2.05) is 12.1 Å². The fourth-order valence-corrected chi connectivity index (χ4v) is 2.71. The highest BCUT2D eigenvalue weighted by Gasteiger charge is 2.11. The van der Waals surface area contributed by atoms with Crippen LogP contribution in [-0.2, 0) is 0 Å². The first-order chi connectivity index (χ1) is 6.77. The van der Waals surface area contributed by atoms with Crippen molar-refractivity contribution in [3.63, 3.8) is 0 Å². The average molecular weight is 201 g/mol. The molecule has 0 aliphatic carbocycles. The van der Waals surface area contributed by atoms with Gasteiger partial charge in [-0.3, -0.25) is 0 Å². The molecule has 14 heavy (non-hydrogen) atoms. The largest absolute Gasteiger partial charge is 0.533 e. The van der Waals surface area contributed by atoms with Gasteiger partial charge < -0.3 is 4.43 Å². The number of hydrogen-bond acceptors (Lipinski definition) is 1. The van der Waals surface area contributed by atoms with Crippen LogP contribution in [0.4, 0.5) is 0 Å². The lowest BCUT2D eigenvalue weighted by Gasteiger charge is -2.12. The maximum atomic E-state index is 5.92. The van der Waals surface area contributed by atoms with E-state index in [0.717, 1.165) is 5.75 Å². The van der Waals surface area contributed by atoms with Gasteiger partial charge in [0, 0.05) is 0 Å². The normalized spacial score (nSPS) is 15.0. The first kappa shape index (κ1) is 9.28. The molecule has 1 nitrogen and oxygen atoms in total. The maximum absolute atomic E-state index is 5.92. The van der Waals surface area contributed by atoms with E-state index in [4.69, 9.17) is 4.43 Å². The summed E-state index contributed by atoms with van der Waals surface area (Å²) in [5.41, 5.74) is 6.83. The highest BCUT2D eigenvalue weighted by Crippen LogP contribution is 2.21. The van der Waals surface area contributed by atoms with Crippen molar-refractivity contribution in [1.82, 2.24) is 0 Å². The molecule has 1 radical (unpaired) electrons. The van der Waals surface area contributed by atoms with Crippen LogP contribution in [0.25, 0.3) is 0 Å². The van der Waals surface area contributed by atoms with Crippen LogP contribution in [0.3, 0.4) is 0 Å². The first-order valence-electron chi connectivity index (χ1n) is 4.73. The second-order valence-electron chi connectivity index (χ2n) is 3.42. The summed E-state index contributed by atoms with van der Waals surface area (Å²) in [6.45, 7) is 4.22. The van der Waals surface area contributed by atoms with Crippen molar-refractivity contribution in [2.24, 2.45) is 0 Å². The number of benzene rings is 1. The van der Waals surface area contributed by atoms with Gasteiger partial charge in [0.05, 0.1) is 0 Å². The van der Waals surface area contributed by atoms with E-state index in [2.05, 4.69) is 43.5 Å². The van der Waals surface area contributed by atoms with Crippen molar-refractivity contribution in [2.45, 2.75) is 13.8 Å². The molecular formula is C12H13OSi. The van der Waals surface area contributed by atoms with E-state index in [1.165, 1.54) is 11.1 Å². The Balaban J connectivity index is 2.20. The first-order valence-corrected chi connectivity index (χ1v) is 6.29. The van der Waals surface area contributed by atoms with Crippen molar-refractivity contribution < 1.29 is 4.43 Å². The van der Waals surface area contributed by atoms with Gasteiger partial charge in [-0.15, -0.1) is 0 Å². The number of allylic oxidation sites excluding steroid dienone is 2. The van der Waals surface area contributed by atoms with Crippen LogP contribution in [0.5, 0.6) is 5.75 Å². The molecule has 1 aliphatic heterocycles. The smallest absolute Gasteiger partial charge is 0.337 e. The Bertz CT molecular complexity index is 381. The molecular weight excluding hydrogens is 188 g/mol. The van der Waals surface area contributed by atoms with Gasteiger partial charge >= 0.3 is 9.04 Å². The Hall–Kier alpha value is -1.28. The minimum atomic E-state index is -0.864. The molecule has 0 aromatic heterocycles. The van der Waals surface area contributed by atoms with Crippen molar-refractivity contribution in [3.05, 3.63) is 52.9 Å². The summed E-state index contributed by atoms with van der Waals surface area (Å²) in [5.74, 6) is 1.02. The second-order valence-corrected chi connectivity index (χ2v) is 5.10. The zero-order valence-corrected chi connectivity index (χ0v) is 9.45. The summed E-state index contributed by atoms with van der Waals surface area (Å²) in [7, 11) is -0.864. The topological polar surface area (TPSA) is 9.23 Å². The van der Waals surface area contributed by atoms with Crippen molar-refractivity contribution >= 4 is 9.04 Å². The van der Waals surface area contributed by atoms with E-state index < -0.39 is 9.04 Å². The van der Waals surface area contributed by atoms with Crippen LogP contribution in [0.2, 0.25) is 0 Å². The fourth-order valence-electron chi connectivity index (χ4n) is 1.39. The molecule has 0 amide bonds. The van der Waals surface area contributed by atoms with Gasteiger partial charge in [0.15, 0.2) is 0 Å². The third kappa shape index (κ3) is 1.80. The van der Waals surface area contributed by atoms with Crippen LogP contribution in [0, 0.1) is 13.8 Å². The molecule has 71 valence electrons. The maximum Gasteiger partial charge on any atom is 0.337 e.